The Kier molecular flexibility index (Phi) is 5.76. The molecule has 0 aromatic carbocycles. The van der Waals surface area contributed by atoms with Crippen LogP contribution in [0.5, 0.6) is 0 Å². The summed E-state index contributed by atoms with van der Waals surface area (Å²) in [7, 11) is 0. The van der Waals surface area contributed by atoms with Gasteiger partial charge in [-0.25, -0.2) is 4.98 Å². The van der Waals surface area contributed by atoms with Crippen LogP contribution in [0.4, 0.5) is 0 Å². The molecule has 6 heteroatoms. The molecular formula is C19H30N4O2. The molecule has 6 nitrogen and oxygen atoms in total. The van der Waals surface area contributed by atoms with E-state index in [2.05, 4.69) is 18.8 Å². The zero-order valence-electron chi connectivity index (χ0n) is 15.5. The molecule has 138 valence electrons. The fraction of sp³-hybridized carbons (Fsp3) is 0.737. The first-order chi connectivity index (χ1) is 12.2. The van der Waals surface area contributed by atoms with Gasteiger partial charge >= 0.3 is 0 Å². The van der Waals surface area contributed by atoms with E-state index in [-0.39, 0.29) is 17.7 Å². The van der Waals surface area contributed by atoms with E-state index < -0.39 is 0 Å². The fourth-order valence-electron chi connectivity index (χ4n) is 4.05. The maximum Gasteiger partial charge on any atom is 0.274 e. The molecule has 0 aliphatic carbocycles. The highest BCUT2D eigenvalue weighted by atomic mass is 16.2. The molecule has 0 radical (unpaired) electrons. The normalized spacial score (nSPS) is 19.8. The van der Waals surface area contributed by atoms with Crippen molar-refractivity contribution in [3.8, 4) is 0 Å². The number of fused-ring (bicyclic) bond motifs is 1. The Morgan fingerprint density at radius 1 is 1.20 bits per heavy atom. The number of aromatic nitrogens is 2. The summed E-state index contributed by atoms with van der Waals surface area (Å²) < 4.78 is 2.03. The van der Waals surface area contributed by atoms with Gasteiger partial charge in [0.15, 0.2) is 0 Å². The van der Waals surface area contributed by atoms with E-state index in [0.717, 1.165) is 70.4 Å². The number of amides is 2. The van der Waals surface area contributed by atoms with Gasteiger partial charge < -0.3 is 14.4 Å². The van der Waals surface area contributed by atoms with Crippen molar-refractivity contribution in [2.75, 3.05) is 26.2 Å². The van der Waals surface area contributed by atoms with Gasteiger partial charge in [-0.05, 0) is 38.5 Å². The molecule has 0 spiro atoms. The molecule has 1 unspecified atom stereocenters. The van der Waals surface area contributed by atoms with Crippen molar-refractivity contribution in [1.82, 2.24) is 19.4 Å². The second-order valence-electron chi connectivity index (χ2n) is 7.25. The number of hydrogen-bond acceptors (Lipinski definition) is 3. The quantitative estimate of drug-likeness (QED) is 0.794. The van der Waals surface area contributed by atoms with E-state index in [9.17, 15) is 9.59 Å². The van der Waals surface area contributed by atoms with Crippen molar-refractivity contribution < 1.29 is 9.59 Å². The summed E-state index contributed by atoms with van der Waals surface area (Å²) in [5.74, 6) is 0.357. The first-order valence-electron chi connectivity index (χ1n) is 9.77. The van der Waals surface area contributed by atoms with Crippen LogP contribution in [-0.2, 0) is 17.8 Å². The lowest BCUT2D eigenvalue weighted by Gasteiger charge is -2.28. The van der Waals surface area contributed by atoms with Crippen molar-refractivity contribution >= 4 is 11.8 Å². The van der Waals surface area contributed by atoms with Crippen LogP contribution < -0.4 is 0 Å². The van der Waals surface area contributed by atoms with Crippen molar-refractivity contribution in [3.05, 3.63) is 17.7 Å². The standard InChI is InChI=1S/C19H30N4O2/c1-3-9-21(10-4-2)19(25)17-16-8-7-15(13-23(16)14-20-17)18(24)22-11-5-6-12-22/h14-15H,3-13H2,1-2H3. The van der Waals surface area contributed by atoms with Crippen molar-refractivity contribution in [1.29, 1.82) is 0 Å². The summed E-state index contributed by atoms with van der Waals surface area (Å²) in [6, 6.07) is 0. The largest absolute Gasteiger partial charge is 0.342 e. The Balaban J connectivity index is 1.71. The van der Waals surface area contributed by atoms with E-state index in [0.29, 0.717) is 12.2 Å². The van der Waals surface area contributed by atoms with Crippen LogP contribution >= 0.6 is 0 Å². The Morgan fingerprint density at radius 2 is 1.88 bits per heavy atom. The minimum atomic E-state index is 0.0325. The van der Waals surface area contributed by atoms with Crippen molar-refractivity contribution in [3.63, 3.8) is 0 Å². The lowest BCUT2D eigenvalue weighted by Crippen LogP contribution is -2.38. The molecule has 1 fully saturated rings. The van der Waals surface area contributed by atoms with Crippen molar-refractivity contribution in [2.45, 2.75) is 58.9 Å². The second-order valence-corrected chi connectivity index (χ2v) is 7.25. The van der Waals surface area contributed by atoms with Crippen LogP contribution in [-0.4, -0.2) is 57.3 Å². The monoisotopic (exact) mass is 346 g/mol. The molecule has 0 saturated carbocycles. The molecule has 1 atom stereocenters. The van der Waals surface area contributed by atoms with Gasteiger partial charge in [-0.1, -0.05) is 13.8 Å². The minimum absolute atomic E-state index is 0.0325. The third-order valence-electron chi connectivity index (χ3n) is 5.34. The van der Waals surface area contributed by atoms with Crippen LogP contribution in [0.3, 0.4) is 0 Å². The first kappa shape index (κ1) is 18.0. The number of imidazole rings is 1. The zero-order valence-corrected chi connectivity index (χ0v) is 15.5. The van der Waals surface area contributed by atoms with E-state index in [1.54, 1.807) is 6.33 Å². The number of nitrogens with zero attached hydrogens (tertiary/aromatic N) is 4. The third kappa shape index (κ3) is 3.72. The molecule has 25 heavy (non-hydrogen) atoms. The highest BCUT2D eigenvalue weighted by molar-refractivity contribution is 5.93. The number of carbonyl (C=O) groups is 2. The summed E-state index contributed by atoms with van der Waals surface area (Å²) in [6.07, 6.45) is 7.49. The van der Waals surface area contributed by atoms with Gasteiger partial charge in [-0.15, -0.1) is 0 Å². The van der Waals surface area contributed by atoms with Gasteiger partial charge in [0.25, 0.3) is 5.91 Å². The first-order valence-corrected chi connectivity index (χ1v) is 9.77. The summed E-state index contributed by atoms with van der Waals surface area (Å²) >= 11 is 0. The third-order valence-corrected chi connectivity index (χ3v) is 5.34. The highest BCUT2D eigenvalue weighted by Crippen LogP contribution is 2.26. The van der Waals surface area contributed by atoms with Gasteiger partial charge in [0.05, 0.1) is 17.9 Å². The van der Waals surface area contributed by atoms with Crippen LogP contribution in [0.15, 0.2) is 6.33 Å². The molecule has 0 N–H and O–H groups in total. The van der Waals surface area contributed by atoms with Gasteiger partial charge in [-0.3, -0.25) is 9.59 Å². The number of hydrogen-bond donors (Lipinski definition) is 0. The van der Waals surface area contributed by atoms with Gasteiger partial charge in [0.1, 0.15) is 5.69 Å². The Labute approximate surface area is 150 Å². The molecule has 1 aromatic heterocycles. The van der Waals surface area contributed by atoms with E-state index >= 15 is 0 Å². The predicted octanol–water partition coefficient (Wildman–Crippen LogP) is 2.33. The van der Waals surface area contributed by atoms with Gasteiger partial charge in [0.2, 0.25) is 5.91 Å². The maximum atomic E-state index is 12.9. The smallest absolute Gasteiger partial charge is 0.274 e. The molecule has 3 heterocycles. The topological polar surface area (TPSA) is 58.4 Å². The summed E-state index contributed by atoms with van der Waals surface area (Å²) in [5, 5.41) is 0. The molecule has 2 aliphatic rings. The molecule has 1 aromatic rings. The Morgan fingerprint density at radius 3 is 2.52 bits per heavy atom. The van der Waals surface area contributed by atoms with Crippen LogP contribution in [0.25, 0.3) is 0 Å². The number of rotatable bonds is 6. The average molecular weight is 346 g/mol. The molecule has 1 saturated heterocycles. The van der Waals surface area contributed by atoms with Gasteiger partial charge in [-0.2, -0.15) is 0 Å². The highest BCUT2D eigenvalue weighted by Gasteiger charge is 2.32. The van der Waals surface area contributed by atoms with E-state index in [1.807, 2.05) is 14.4 Å². The molecule has 2 amide bonds. The molecular weight excluding hydrogens is 316 g/mol. The Hall–Kier alpha value is -1.85. The SMILES string of the molecule is CCCN(CCC)C(=O)c1ncn2c1CCC(C(=O)N1CCCC1)C2. The van der Waals surface area contributed by atoms with E-state index in [4.69, 9.17) is 0 Å². The fourth-order valence-corrected chi connectivity index (χ4v) is 4.05. The zero-order chi connectivity index (χ0) is 17.8. The predicted molar refractivity (Wildman–Crippen MR) is 96.3 cm³/mol. The lowest BCUT2D eigenvalue weighted by molar-refractivity contribution is -0.135. The molecule has 0 bridgehead atoms. The summed E-state index contributed by atoms with van der Waals surface area (Å²) in [5.41, 5.74) is 1.60. The van der Waals surface area contributed by atoms with Gasteiger partial charge in [0, 0.05) is 32.7 Å². The second kappa shape index (κ2) is 8.02. The van der Waals surface area contributed by atoms with Crippen LogP contribution in [0.1, 0.15) is 62.1 Å². The Bertz CT molecular complexity index is 613. The summed E-state index contributed by atoms with van der Waals surface area (Å²) in [6.45, 7) is 8.19. The number of carbonyl (C=O) groups excluding carboxylic acids is 2. The maximum absolute atomic E-state index is 12.9. The van der Waals surface area contributed by atoms with Crippen LogP contribution in [0.2, 0.25) is 0 Å². The minimum Gasteiger partial charge on any atom is -0.342 e. The van der Waals surface area contributed by atoms with Crippen molar-refractivity contribution in [2.24, 2.45) is 5.92 Å². The average Bonchev–Trinajstić information content (AvgIpc) is 3.29. The van der Waals surface area contributed by atoms with E-state index in [1.165, 1.54) is 0 Å². The molecule has 3 rings (SSSR count). The summed E-state index contributed by atoms with van der Waals surface area (Å²) in [4.78, 5) is 33.8. The lowest BCUT2D eigenvalue weighted by atomic mass is 9.95. The molecule has 2 aliphatic heterocycles. The van der Waals surface area contributed by atoms with Crippen LogP contribution in [0, 0.1) is 5.92 Å². The number of likely N-dealkylation sites (tertiary alicyclic amines) is 1.